The Labute approximate surface area is 164 Å². The van der Waals surface area contributed by atoms with Crippen LogP contribution in [0.15, 0.2) is 66.7 Å². The molecule has 1 aliphatic rings. The molecule has 0 unspecified atom stereocenters. The highest BCUT2D eigenvalue weighted by Crippen LogP contribution is 2.29. The fourth-order valence-electron chi connectivity index (χ4n) is 3.27. The molecule has 6 nitrogen and oxygen atoms in total. The Morgan fingerprint density at radius 3 is 2.39 bits per heavy atom. The van der Waals surface area contributed by atoms with E-state index in [2.05, 4.69) is 20.8 Å². The highest BCUT2D eigenvalue weighted by atomic mass is 16.5. The van der Waals surface area contributed by atoms with Gasteiger partial charge in [0.1, 0.15) is 11.6 Å². The van der Waals surface area contributed by atoms with Crippen molar-refractivity contribution in [1.29, 1.82) is 0 Å². The Kier molecular flexibility index (Phi) is 5.47. The van der Waals surface area contributed by atoms with Gasteiger partial charge >= 0.3 is 0 Å². The first-order valence-electron chi connectivity index (χ1n) is 9.51. The third-order valence-corrected chi connectivity index (χ3v) is 4.71. The zero-order valence-corrected chi connectivity index (χ0v) is 15.5. The molecule has 1 fully saturated rings. The van der Waals surface area contributed by atoms with Crippen LogP contribution in [0.5, 0.6) is 11.5 Å². The number of para-hydroxylation sites is 3. The fraction of sp³-hybridized carbons (Fsp3) is 0.227. The monoisotopic (exact) mass is 374 g/mol. The first-order valence-corrected chi connectivity index (χ1v) is 9.51. The van der Waals surface area contributed by atoms with Gasteiger partial charge < -0.3 is 15.4 Å². The van der Waals surface area contributed by atoms with Gasteiger partial charge in [0.05, 0.1) is 5.69 Å². The lowest BCUT2D eigenvalue weighted by molar-refractivity contribution is 0.102. The van der Waals surface area contributed by atoms with Crippen LogP contribution in [0.1, 0.15) is 36.2 Å². The highest BCUT2D eigenvalue weighted by Gasteiger charge is 2.16. The van der Waals surface area contributed by atoms with E-state index in [1.54, 1.807) is 18.2 Å². The minimum atomic E-state index is -0.330. The summed E-state index contributed by atoms with van der Waals surface area (Å²) in [6.07, 6.45) is 4.80. The Morgan fingerprint density at radius 2 is 1.64 bits per heavy atom. The summed E-state index contributed by atoms with van der Waals surface area (Å²) in [4.78, 5) is 12.6. The van der Waals surface area contributed by atoms with Crippen molar-refractivity contribution in [3.05, 3.63) is 72.4 Å². The van der Waals surface area contributed by atoms with Crippen LogP contribution in [0.3, 0.4) is 0 Å². The van der Waals surface area contributed by atoms with Crippen LogP contribution < -0.4 is 15.4 Å². The minimum absolute atomic E-state index is 0.256. The maximum absolute atomic E-state index is 12.6. The first kappa shape index (κ1) is 18.0. The van der Waals surface area contributed by atoms with Crippen LogP contribution in [-0.4, -0.2) is 22.1 Å². The molecule has 0 saturated heterocycles. The van der Waals surface area contributed by atoms with Crippen molar-refractivity contribution in [1.82, 2.24) is 10.2 Å². The number of nitrogens with zero attached hydrogens (tertiary/aromatic N) is 2. The molecule has 0 spiro atoms. The van der Waals surface area contributed by atoms with Gasteiger partial charge in [-0.1, -0.05) is 43.2 Å². The topological polar surface area (TPSA) is 76.1 Å². The van der Waals surface area contributed by atoms with E-state index in [-0.39, 0.29) is 11.6 Å². The maximum atomic E-state index is 12.6. The summed E-state index contributed by atoms with van der Waals surface area (Å²) in [5.41, 5.74) is 0.831. The molecular weight excluding hydrogens is 352 g/mol. The molecule has 3 aromatic rings. The Bertz CT molecular complexity index is 923. The van der Waals surface area contributed by atoms with Gasteiger partial charge in [0.15, 0.2) is 11.4 Å². The number of carbonyl (C=O) groups is 1. The first-order chi connectivity index (χ1) is 13.8. The number of aromatic nitrogens is 2. The van der Waals surface area contributed by atoms with Crippen LogP contribution in [-0.2, 0) is 0 Å². The number of nitrogens with one attached hydrogen (secondary N) is 2. The summed E-state index contributed by atoms with van der Waals surface area (Å²) in [5, 5.41) is 14.4. The molecule has 1 amide bonds. The quantitative estimate of drug-likeness (QED) is 0.643. The predicted octanol–water partition coefficient (Wildman–Crippen LogP) is 4.88. The van der Waals surface area contributed by atoms with E-state index >= 15 is 0 Å². The second kappa shape index (κ2) is 8.52. The number of benzene rings is 2. The Hall–Kier alpha value is -3.41. The van der Waals surface area contributed by atoms with Gasteiger partial charge in [-0.05, 0) is 49.2 Å². The van der Waals surface area contributed by atoms with E-state index in [1.165, 1.54) is 12.8 Å². The van der Waals surface area contributed by atoms with Crippen molar-refractivity contribution in [2.75, 3.05) is 10.6 Å². The third kappa shape index (κ3) is 4.46. The highest BCUT2D eigenvalue weighted by molar-refractivity contribution is 6.03. The van der Waals surface area contributed by atoms with Crippen molar-refractivity contribution < 1.29 is 9.53 Å². The van der Waals surface area contributed by atoms with Crippen LogP contribution in [0.4, 0.5) is 11.5 Å². The van der Waals surface area contributed by atoms with Crippen LogP contribution in [0.2, 0.25) is 0 Å². The molecular formula is C22H22N4O2. The molecule has 0 atom stereocenters. The van der Waals surface area contributed by atoms with Gasteiger partial charge in [-0.2, -0.15) is 0 Å². The number of hydrogen-bond donors (Lipinski definition) is 2. The second-order valence-corrected chi connectivity index (χ2v) is 6.79. The molecule has 4 rings (SSSR count). The van der Waals surface area contributed by atoms with E-state index in [4.69, 9.17) is 4.74 Å². The van der Waals surface area contributed by atoms with Gasteiger partial charge in [-0.25, -0.2) is 0 Å². The standard InChI is InChI=1S/C22H22N4O2/c27-22(19-14-15-21(26-25-19)23-16-8-4-5-9-16)24-18-12-6-7-13-20(18)28-17-10-2-1-3-11-17/h1-3,6-7,10-16H,4-5,8-9H2,(H,23,26)(H,24,27). The molecule has 0 aliphatic heterocycles. The molecule has 1 aromatic heterocycles. The van der Waals surface area contributed by atoms with Crippen molar-refractivity contribution in [3.8, 4) is 11.5 Å². The number of hydrogen-bond acceptors (Lipinski definition) is 5. The van der Waals surface area contributed by atoms with E-state index < -0.39 is 0 Å². The fourth-order valence-corrected chi connectivity index (χ4v) is 3.27. The Morgan fingerprint density at radius 1 is 0.893 bits per heavy atom. The summed E-state index contributed by atoms with van der Waals surface area (Å²) in [6, 6.07) is 20.7. The number of rotatable bonds is 6. The molecule has 0 bridgehead atoms. The zero-order chi connectivity index (χ0) is 19.2. The Balaban J connectivity index is 1.43. The molecule has 142 valence electrons. The lowest BCUT2D eigenvalue weighted by atomic mass is 10.2. The summed E-state index contributed by atoms with van der Waals surface area (Å²) >= 11 is 0. The van der Waals surface area contributed by atoms with Gasteiger partial charge in [0.25, 0.3) is 5.91 Å². The molecule has 6 heteroatoms. The van der Waals surface area contributed by atoms with Crippen molar-refractivity contribution in [2.45, 2.75) is 31.7 Å². The predicted molar refractivity (Wildman–Crippen MR) is 109 cm³/mol. The lowest BCUT2D eigenvalue weighted by Gasteiger charge is -2.13. The number of amides is 1. The summed E-state index contributed by atoms with van der Waals surface area (Å²) in [7, 11) is 0. The normalized spacial score (nSPS) is 13.9. The summed E-state index contributed by atoms with van der Waals surface area (Å²) in [6.45, 7) is 0. The van der Waals surface area contributed by atoms with Crippen molar-refractivity contribution in [3.63, 3.8) is 0 Å². The molecule has 0 radical (unpaired) electrons. The minimum Gasteiger partial charge on any atom is -0.455 e. The van der Waals surface area contributed by atoms with E-state index in [0.717, 1.165) is 12.8 Å². The van der Waals surface area contributed by atoms with Gasteiger partial charge in [0, 0.05) is 6.04 Å². The molecule has 1 heterocycles. The van der Waals surface area contributed by atoms with E-state index in [0.29, 0.717) is 29.0 Å². The van der Waals surface area contributed by atoms with Gasteiger partial charge in [-0.15, -0.1) is 10.2 Å². The lowest BCUT2D eigenvalue weighted by Crippen LogP contribution is -2.18. The maximum Gasteiger partial charge on any atom is 0.276 e. The van der Waals surface area contributed by atoms with Crippen LogP contribution >= 0.6 is 0 Å². The zero-order valence-electron chi connectivity index (χ0n) is 15.5. The number of carbonyl (C=O) groups excluding carboxylic acids is 1. The molecule has 2 aromatic carbocycles. The SMILES string of the molecule is O=C(Nc1ccccc1Oc1ccccc1)c1ccc(NC2CCCC2)nn1. The van der Waals surface area contributed by atoms with Crippen molar-refractivity contribution >= 4 is 17.4 Å². The largest absolute Gasteiger partial charge is 0.455 e. The molecule has 28 heavy (non-hydrogen) atoms. The van der Waals surface area contributed by atoms with Gasteiger partial charge in [-0.3, -0.25) is 4.79 Å². The second-order valence-electron chi connectivity index (χ2n) is 6.79. The number of anilines is 2. The number of ether oxygens (including phenoxy) is 1. The van der Waals surface area contributed by atoms with Crippen molar-refractivity contribution in [2.24, 2.45) is 0 Å². The molecule has 1 saturated carbocycles. The average Bonchev–Trinajstić information content (AvgIpc) is 3.24. The van der Waals surface area contributed by atoms with Crippen LogP contribution in [0, 0.1) is 0 Å². The van der Waals surface area contributed by atoms with Crippen LogP contribution in [0.25, 0.3) is 0 Å². The third-order valence-electron chi connectivity index (χ3n) is 4.71. The van der Waals surface area contributed by atoms with E-state index in [9.17, 15) is 4.79 Å². The van der Waals surface area contributed by atoms with E-state index in [1.807, 2.05) is 48.5 Å². The molecule has 2 N–H and O–H groups in total. The van der Waals surface area contributed by atoms with Gasteiger partial charge in [0.2, 0.25) is 0 Å². The summed E-state index contributed by atoms with van der Waals surface area (Å²) in [5.74, 6) is 1.64. The molecule has 1 aliphatic carbocycles. The smallest absolute Gasteiger partial charge is 0.276 e. The summed E-state index contributed by atoms with van der Waals surface area (Å²) < 4.78 is 5.88. The average molecular weight is 374 g/mol.